The van der Waals surface area contributed by atoms with E-state index < -0.39 is 11.5 Å². The quantitative estimate of drug-likeness (QED) is 0.760. The molecule has 0 saturated carbocycles. The van der Waals surface area contributed by atoms with Crippen molar-refractivity contribution in [3.8, 4) is 0 Å². The Hall–Kier alpha value is -2.51. The number of amides is 1. The van der Waals surface area contributed by atoms with Crippen LogP contribution in [0.2, 0.25) is 0 Å². The van der Waals surface area contributed by atoms with Gasteiger partial charge in [0.25, 0.3) is 11.5 Å². The first-order valence-corrected chi connectivity index (χ1v) is 8.24. The van der Waals surface area contributed by atoms with Crippen molar-refractivity contribution in [2.75, 3.05) is 5.32 Å². The van der Waals surface area contributed by atoms with E-state index in [1.54, 1.807) is 19.1 Å². The minimum absolute atomic E-state index is 0.130. The largest absolute Gasteiger partial charge is 0.378 e. The lowest BCUT2D eigenvalue weighted by molar-refractivity contribution is -0.133. The van der Waals surface area contributed by atoms with Crippen molar-refractivity contribution >= 4 is 32.6 Å². The number of aliphatic hydroxyl groups is 1. The summed E-state index contributed by atoms with van der Waals surface area (Å²) in [4.78, 5) is 28.7. The molecule has 1 aromatic carbocycles. The molecule has 0 radical (unpaired) electrons. The molecule has 7 heteroatoms. The van der Waals surface area contributed by atoms with Crippen LogP contribution in [-0.4, -0.2) is 26.2 Å². The molecule has 6 nitrogen and oxygen atoms in total. The average molecular weight is 343 g/mol. The van der Waals surface area contributed by atoms with Gasteiger partial charge in [0.2, 0.25) is 0 Å². The Morgan fingerprint density at radius 3 is 2.75 bits per heavy atom. The van der Waals surface area contributed by atoms with E-state index in [1.807, 2.05) is 24.3 Å². The van der Waals surface area contributed by atoms with Crippen molar-refractivity contribution in [1.29, 1.82) is 0 Å². The molecule has 1 atom stereocenters. The second kappa shape index (κ2) is 6.18. The predicted molar refractivity (Wildman–Crippen MR) is 94.3 cm³/mol. The lowest BCUT2D eigenvalue weighted by atomic mass is 10.1. The van der Waals surface area contributed by atoms with Gasteiger partial charge in [-0.15, -0.1) is 0 Å². The van der Waals surface area contributed by atoms with Gasteiger partial charge < -0.3 is 9.67 Å². The Morgan fingerprint density at radius 1 is 1.29 bits per heavy atom. The van der Waals surface area contributed by atoms with Gasteiger partial charge >= 0.3 is 0 Å². The van der Waals surface area contributed by atoms with Crippen LogP contribution in [0.25, 0.3) is 10.2 Å². The molecule has 1 amide bonds. The number of aryl methyl sites for hydroxylation is 1. The van der Waals surface area contributed by atoms with Crippen LogP contribution in [-0.2, 0) is 11.3 Å². The maximum atomic E-state index is 12.4. The number of rotatable bonds is 4. The number of aromatic nitrogens is 2. The van der Waals surface area contributed by atoms with Gasteiger partial charge in [-0.2, -0.15) is 0 Å². The number of nitrogens with zero attached hydrogens (tertiary/aromatic N) is 2. The van der Waals surface area contributed by atoms with Crippen LogP contribution in [0.3, 0.4) is 0 Å². The first-order valence-electron chi connectivity index (χ1n) is 7.43. The number of thiazole rings is 1. The van der Waals surface area contributed by atoms with E-state index in [2.05, 4.69) is 10.3 Å². The summed E-state index contributed by atoms with van der Waals surface area (Å²) in [6.07, 6.45) is 0. The maximum absolute atomic E-state index is 12.4. The minimum Gasteiger partial charge on any atom is -0.378 e. The summed E-state index contributed by atoms with van der Waals surface area (Å²) >= 11 is 1.33. The number of pyridine rings is 1. The first kappa shape index (κ1) is 16.4. The summed E-state index contributed by atoms with van der Waals surface area (Å²) in [5, 5.41) is 13.6. The Morgan fingerprint density at radius 2 is 2.04 bits per heavy atom. The third-order valence-electron chi connectivity index (χ3n) is 3.74. The third-order valence-corrected chi connectivity index (χ3v) is 4.69. The van der Waals surface area contributed by atoms with Crippen molar-refractivity contribution in [3.63, 3.8) is 0 Å². The van der Waals surface area contributed by atoms with Crippen LogP contribution < -0.4 is 10.9 Å². The Labute approximate surface area is 142 Å². The van der Waals surface area contributed by atoms with Crippen LogP contribution >= 0.6 is 11.3 Å². The van der Waals surface area contributed by atoms with Crippen molar-refractivity contribution in [1.82, 2.24) is 9.55 Å². The van der Waals surface area contributed by atoms with Crippen molar-refractivity contribution < 1.29 is 9.90 Å². The molecule has 2 heterocycles. The number of carbonyl (C=O) groups is 1. The molecule has 0 aliphatic carbocycles. The van der Waals surface area contributed by atoms with E-state index in [0.717, 1.165) is 10.2 Å². The standard InChI is InChI=1S/C17H17N3O3S/c1-11-6-5-9-14(21)20(11)10-17(2,23)15(22)19-16-18-12-7-3-4-8-13(12)24-16/h3-9,23H,10H2,1-2H3,(H,18,19,22)/t17-/m0/s1. The zero-order chi connectivity index (χ0) is 17.3. The zero-order valence-corrected chi connectivity index (χ0v) is 14.1. The summed E-state index contributed by atoms with van der Waals surface area (Å²) in [6.45, 7) is 3.01. The number of hydrogen-bond acceptors (Lipinski definition) is 5. The Balaban J connectivity index is 1.81. The summed E-state index contributed by atoms with van der Waals surface area (Å²) in [7, 11) is 0. The lowest BCUT2D eigenvalue weighted by Crippen LogP contribution is -2.46. The molecule has 0 saturated heterocycles. The minimum atomic E-state index is -1.74. The molecule has 0 unspecified atom stereocenters. The van der Waals surface area contributed by atoms with Gasteiger partial charge in [-0.1, -0.05) is 29.5 Å². The maximum Gasteiger partial charge on any atom is 0.259 e. The van der Waals surface area contributed by atoms with Crippen molar-refractivity contribution in [2.24, 2.45) is 0 Å². The van der Waals surface area contributed by atoms with Gasteiger partial charge in [0, 0.05) is 11.8 Å². The van der Waals surface area contributed by atoms with Gasteiger partial charge in [0.15, 0.2) is 10.7 Å². The van der Waals surface area contributed by atoms with Gasteiger partial charge in [-0.25, -0.2) is 4.98 Å². The molecule has 0 bridgehead atoms. The van der Waals surface area contributed by atoms with E-state index in [-0.39, 0.29) is 12.1 Å². The Kier molecular flexibility index (Phi) is 4.21. The van der Waals surface area contributed by atoms with Gasteiger partial charge in [0.1, 0.15) is 0 Å². The SMILES string of the molecule is Cc1cccc(=O)n1C[C@](C)(O)C(=O)Nc1nc2ccccc2s1. The number of carbonyl (C=O) groups excluding carboxylic acids is 1. The highest BCUT2D eigenvalue weighted by Crippen LogP contribution is 2.26. The highest BCUT2D eigenvalue weighted by atomic mass is 32.1. The molecule has 2 N–H and O–H groups in total. The molecule has 2 aromatic heterocycles. The molecule has 0 spiro atoms. The van der Waals surface area contributed by atoms with E-state index in [1.165, 1.54) is 28.9 Å². The number of benzene rings is 1. The third kappa shape index (κ3) is 3.22. The Bertz CT molecular complexity index is 926. The van der Waals surface area contributed by atoms with Gasteiger partial charge in [-0.05, 0) is 32.0 Å². The zero-order valence-electron chi connectivity index (χ0n) is 13.3. The second-order valence-electron chi connectivity index (χ2n) is 5.81. The lowest BCUT2D eigenvalue weighted by Gasteiger charge is -2.23. The smallest absolute Gasteiger partial charge is 0.259 e. The number of para-hydroxylation sites is 1. The topological polar surface area (TPSA) is 84.2 Å². The monoisotopic (exact) mass is 343 g/mol. The van der Waals surface area contributed by atoms with Gasteiger partial charge in [0.05, 0.1) is 16.8 Å². The van der Waals surface area contributed by atoms with Crippen LogP contribution in [0.15, 0.2) is 47.3 Å². The summed E-state index contributed by atoms with van der Waals surface area (Å²) < 4.78 is 2.32. The average Bonchev–Trinajstić information content (AvgIpc) is 2.93. The fraction of sp³-hybridized carbons (Fsp3) is 0.235. The van der Waals surface area contributed by atoms with Crippen LogP contribution in [0.4, 0.5) is 5.13 Å². The molecule has 124 valence electrons. The molecule has 3 rings (SSSR count). The summed E-state index contributed by atoms with van der Waals surface area (Å²) in [5.74, 6) is -0.600. The predicted octanol–water partition coefficient (Wildman–Crippen LogP) is 2.16. The van der Waals surface area contributed by atoms with Gasteiger partial charge in [-0.3, -0.25) is 14.9 Å². The molecule has 3 aromatic rings. The van der Waals surface area contributed by atoms with Crippen molar-refractivity contribution in [3.05, 3.63) is 58.5 Å². The molecule has 0 aliphatic heterocycles. The fourth-order valence-electron chi connectivity index (χ4n) is 2.36. The first-order chi connectivity index (χ1) is 11.4. The highest BCUT2D eigenvalue weighted by Gasteiger charge is 2.32. The molecule has 0 fully saturated rings. The fourth-order valence-corrected chi connectivity index (χ4v) is 3.22. The summed E-state index contributed by atoms with van der Waals surface area (Å²) in [5.41, 5.74) is -0.542. The number of fused-ring (bicyclic) bond motifs is 1. The van der Waals surface area contributed by atoms with E-state index in [4.69, 9.17) is 0 Å². The normalized spacial score (nSPS) is 13.6. The van der Waals surface area contributed by atoms with E-state index in [0.29, 0.717) is 10.8 Å². The van der Waals surface area contributed by atoms with Crippen LogP contribution in [0, 0.1) is 6.92 Å². The van der Waals surface area contributed by atoms with Crippen molar-refractivity contribution in [2.45, 2.75) is 26.0 Å². The molecule has 24 heavy (non-hydrogen) atoms. The summed E-state index contributed by atoms with van der Waals surface area (Å²) in [6, 6.07) is 12.3. The number of hydrogen-bond donors (Lipinski definition) is 2. The molecular formula is C17H17N3O3S. The molecular weight excluding hydrogens is 326 g/mol. The number of anilines is 1. The number of nitrogens with one attached hydrogen (secondary N) is 1. The van der Waals surface area contributed by atoms with E-state index >= 15 is 0 Å². The molecule has 0 aliphatic rings. The van der Waals surface area contributed by atoms with Crippen LogP contribution in [0.1, 0.15) is 12.6 Å². The van der Waals surface area contributed by atoms with Crippen LogP contribution in [0.5, 0.6) is 0 Å². The second-order valence-corrected chi connectivity index (χ2v) is 6.84. The highest BCUT2D eigenvalue weighted by molar-refractivity contribution is 7.22. The van der Waals surface area contributed by atoms with E-state index in [9.17, 15) is 14.7 Å².